The standard InChI is InChI=1S/C15H19N3O5/c1-2-23-15(20)11-9-14(19)17(10-11)8-7-16-12-3-5-13(6-4-12)18(21)22/h3-6,11,16H,2,7-10H2,1H3/t11-/m0/s1. The highest BCUT2D eigenvalue weighted by molar-refractivity contribution is 5.86. The zero-order valence-electron chi connectivity index (χ0n) is 12.9. The van der Waals surface area contributed by atoms with E-state index in [-0.39, 0.29) is 29.9 Å². The number of hydrogen-bond donors (Lipinski definition) is 1. The maximum absolute atomic E-state index is 11.9. The lowest BCUT2D eigenvalue weighted by atomic mass is 10.1. The molecule has 23 heavy (non-hydrogen) atoms. The predicted octanol–water partition coefficient (Wildman–Crippen LogP) is 1.42. The quantitative estimate of drug-likeness (QED) is 0.463. The number of benzene rings is 1. The summed E-state index contributed by atoms with van der Waals surface area (Å²) in [5, 5.41) is 13.7. The number of anilines is 1. The lowest BCUT2D eigenvalue weighted by molar-refractivity contribution is -0.384. The molecule has 2 rings (SSSR count). The van der Waals surface area contributed by atoms with E-state index in [1.165, 1.54) is 12.1 Å². The molecule has 0 saturated carbocycles. The predicted molar refractivity (Wildman–Crippen MR) is 82.9 cm³/mol. The van der Waals surface area contributed by atoms with E-state index in [1.54, 1.807) is 24.0 Å². The first-order valence-corrected chi connectivity index (χ1v) is 7.44. The normalized spacial score (nSPS) is 17.2. The second-order valence-corrected chi connectivity index (χ2v) is 5.22. The molecule has 8 heteroatoms. The van der Waals surface area contributed by atoms with Crippen molar-refractivity contribution in [2.24, 2.45) is 5.92 Å². The number of rotatable bonds is 7. The minimum atomic E-state index is -0.456. The van der Waals surface area contributed by atoms with Crippen LogP contribution in [-0.4, -0.2) is 47.9 Å². The van der Waals surface area contributed by atoms with E-state index in [4.69, 9.17) is 4.74 Å². The number of nitro benzene ring substituents is 1. The number of amides is 1. The zero-order valence-corrected chi connectivity index (χ0v) is 12.9. The number of ether oxygens (including phenoxy) is 1. The van der Waals surface area contributed by atoms with Crippen molar-refractivity contribution in [3.05, 3.63) is 34.4 Å². The Balaban J connectivity index is 1.79. The van der Waals surface area contributed by atoms with Crippen LogP contribution in [0.3, 0.4) is 0 Å². The first kappa shape index (κ1) is 16.7. The molecule has 1 aromatic rings. The summed E-state index contributed by atoms with van der Waals surface area (Å²) in [7, 11) is 0. The van der Waals surface area contributed by atoms with Gasteiger partial charge in [-0.05, 0) is 19.1 Å². The van der Waals surface area contributed by atoms with E-state index >= 15 is 0 Å². The Hall–Kier alpha value is -2.64. The van der Waals surface area contributed by atoms with Crippen molar-refractivity contribution in [1.29, 1.82) is 0 Å². The number of esters is 1. The van der Waals surface area contributed by atoms with E-state index in [9.17, 15) is 19.7 Å². The van der Waals surface area contributed by atoms with Crippen molar-refractivity contribution in [3.63, 3.8) is 0 Å². The SMILES string of the molecule is CCOC(=O)[C@H]1CC(=O)N(CCNc2ccc([N+](=O)[O-])cc2)C1. The molecule has 1 saturated heterocycles. The van der Waals surface area contributed by atoms with Gasteiger partial charge in [-0.25, -0.2) is 0 Å². The third-order valence-electron chi connectivity index (χ3n) is 3.62. The van der Waals surface area contributed by atoms with Gasteiger partial charge in [0.1, 0.15) is 0 Å². The largest absolute Gasteiger partial charge is 0.466 e. The molecule has 0 aromatic heterocycles. The molecule has 0 bridgehead atoms. The van der Waals surface area contributed by atoms with Crippen LogP contribution in [0, 0.1) is 16.0 Å². The molecule has 1 atom stereocenters. The second kappa shape index (κ2) is 7.57. The fourth-order valence-electron chi connectivity index (χ4n) is 2.44. The number of nitrogens with one attached hydrogen (secondary N) is 1. The van der Waals surface area contributed by atoms with E-state index < -0.39 is 4.92 Å². The van der Waals surface area contributed by atoms with Crippen molar-refractivity contribution >= 4 is 23.3 Å². The molecule has 1 fully saturated rings. The second-order valence-electron chi connectivity index (χ2n) is 5.22. The number of carbonyl (C=O) groups is 2. The molecule has 0 spiro atoms. The van der Waals surface area contributed by atoms with Crippen LogP contribution in [0.15, 0.2) is 24.3 Å². The molecule has 0 unspecified atom stereocenters. The first-order chi connectivity index (χ1) is 11.0. The van der Waals surface area contributed by atoms with Gasteiger partial charge in [-0.15, -0.1) is 0 Å². The van der Waals surface area contributed by atoms with Crippen molar-refractivity contribution in [1.82, 2.24) is 4.90 Å². The summed E-state index contributed by atoms with van der Waals surface area (Å²) in [6.07, 6.45) is 0.191. The van der Waals surface area contributed by atoms with Crippen molar-refractivity contribution < 1.29 is 19.2 Å². The van der Waals surface area contributed by atoms with Crippen LogP contribution in [0.4, 0.5) is 11.4 Å². The lowest BCUT2D eigenvalue weighted by Gasteiger charge is -2.17. The number of hydrogen-bond acceptors (Lipinski definition) is 6. The fraction of sp³-hybridized carbons (Fsp3) is 0.467. The molecule has 1 N–H and O–H groups in total. The Bertz CT molecular complexity index is 587. The monoisotopic (exact) mass is 321 g/mol. The Labute approximate surface area is 133 Å². The molecule has 0 radical (unpaired) electrons. The molecule has 0 aliphatic carbocycles. The van der Waals surface area contributed by atoms with Gasteiger partial charge in [0.05, 0.1) is 17.4 Å². The number of non-ortho nitro benzene ring substituents is 1. The van der Waals surface area contributed by atoms with Crippen molar-refractivity contribution in [3.8, 4) is 0 Å². The van der Waals surface area contributed by atoms with E-state index in [1.807, 2.05) is 0 Å². The van der Waals surface area contributed by atoms with Gasteiger partial charge in [-0.2, -0.15) is 0 Å². The minimum absolute atomic E-state index is 0.0301. The van der Waals surface area contributed by atoms with Gasteiger partial charge >= 0.3 is 5.97 Å². The highest BCUT2D eigenvalue weighted by Crippen LogP contribution is 2.19. The molecular formula is C15H19N3O5. The lowest BCUT2D eigenvalue weighted by Crippen LogP contribution is -2.31. The van der Waals surface area contributed by atoms with Crippen LogP contribution in [0.5, 0.6) is 0 Å². The van der Waals surface area contributed by atoms with E-state index in [0.29, 0.717) is 26.2 Å². The molecule has 1 aliphatic rings. The Kier molecular flexibility index (Phi) is 5.51. The number of nitro groups is 1. The van der Waals surface area contributed by atoms with Gasteiger partial charge in [-0.1, -0.05) is 0 Å². The molecule has 1 amide bonds. The van der Waals surface area contributed by atoms with Crippen LogP contribution >= 0.6 is 0 Å². The van der Waals surface area contributed by atoms with Gasteiger partial charge in [0.2, 0.25) is 5.91 Å². The highest BCUT2D eigenvalue weighted by atomic mass is 16.6. The highest BCUT2D eigenvalue weighted by Gasteiger charge is 2.34. The summed E-state index contributed by atoms with van der Waals surface area (Å²) in [5.41, 5.74) is 0.770. The molecule has 1 aromatic carbocycles. The summed E-state index contributed by atoms with van der Waals surface area (Å²) in [6.45, 7) is 3.39. The topological polar surface area (TPSA) is 102 Å². The van der Waals surface area contributed by atoms with Crippen molar-refractivity contribution in [2.75, 3.05) is 31.6 Å². The Morgan fingerprint density at radius 1 is 1.43 bits per heavy atom. The molecule has 124 valence electrons. The van der Waals surface area contributed by atoms with Gasteiger partial charge in [-0.3, -0.25) is 19.7 Å². The average molecular weight is 321 g/mol. The zero-order chi connectivity index (χ0) is 16.8. The first-order valence-electron chi connectivity index (χ1n) is 7.44. The molecular weight excluding hydrogens is 302 g/mol. The van der Waals surface area contributed by atoms with Crippen LogP contribution in [0.1, 0.15) is 13.3 Å². The molecule has 1 heterocycles. The summed E-state index contributed by atoms with van der Waals surface area (Å²) >= 11 is 0. The Morgan fingerprint density at radius 2 is 2.13 bits per heavy atom. The Morgan fingerprint density at radius 3 is 2.74 bits per heavy atom. The minimum Gasteiger partial charge on any atom is -0.466 e. The average Bonchev–Trinajstić information content (AvgIpc) is 2.89. The van der Waals surface area contributed by atoms with Crippen LogP contribution < -0.4 is 5.32 Å². The smallest absolute Gasteiger partial charge is 0.311 e. The number of likely N-dealkylation sites (tertiary alicyclic amines) is 1. The van der Waals surface area contributed by atoms with Crippen LogP contribution in [0.2, 0.25) is 0 Å². The van der Waals surface area contributed by atoms with Gasteiger partial charge in [0.15, 0.2) is 0 Å². The number of nitrogens with zero attached hydrogens (tertiary/aromatic N) is 2. The van der Waals surface area contributed by atoms with Gasteiger partial charge in [0.25, 0.3) is 5.69 Å². The van der Waals surface area contributed by atoms with Crippen molar-refractivity contribution in [2.45, 2.75) is 13.3 Å². The van der Waals surface area contributed by atoms with Gasteiger partial charge < -0.3 is 15.0 Å². The number of carbonyl (C=O) groups excluding carboxylic acids is 2. The third-order valence-corrected chi connectivity index (χ3v) is 3.62. The summed E-state index contributed by atoms with van der Waals surface area (Å²) in [6, 6.07) is 6.07. The van der Waals surface area contributed by atoms with Crippen LogP contribution in [0.25, 0.3) is 0 Å². The van der Waals surface area contributed by atoms with Crippen LogP contribution in [-0.2, 0) is 14.3 Å². The summed E-state index contributed by atoms with van der Waals surface area (Å²) < 4.78 is 4.94. The maximum Gasteiger partial charge on any atom is 0.311 e. The van der Waals surface area contributed by atoms with E-state index in [0.717, 1.165) is 5.69 Å². The summed E-state index contributed by atoms with van der Waals surface area (Å²) in [4.78, 5) is 35.3. The maximum atomic E-state index is 11.9. The fourth-order valence-corrected chi connectivity index (χ4v) is 2.44. The third kappa shape index (κ3) is 4.41. The van der Waals surface area contributed by atoms with E-state index in [2.05, 4.69) is 5.32 Å². The van der Waals surface area contributed by atoms with Gasteiger partial charge in [0, 0.05) is 43.9 Å². The molecule has 1 aliphatic heterocycles. The summed E-state index contributed by atoms with van der Waals surface area (Å²) in [5.74, 6) is -0.776. The molecule has 8 nitrogen and oxygen atoms in total.